The molecule has 4 heteroatoms. The number of fused-ring (bicyclic) bond motifs is 1. The van der Waals surface area contributed by atoms with Crippen LogP contribution in [0.4, 0.5) is 5.13 Å². The number of aliphatic hydroxyl groups is 1. The molecule has 1 unspecified atom stereocenters. The number of aromatic nitrogens is 1. The Bertz CT molecular complexity index is 446. The molecule has 0 aliphatic heterocycles. The Morgan fingerprint density at radius 1 is 1.44 bits per heavy atom. The molecular formula is C12H16N2OS. The molecule has 0 radical (unpaired) electrons. The lowest BCUT2D eigenvalue weighted by molar-refractivity contribution is 0.0697. The van der Waals surface area contributed by atoms with Crippen molar-refractivity contribution >= 4 is 26.7 Å². The number of nitrogens with one attached hydrogen (secondary N) is 1. The van der Waals surface area contributed by atoms with Gasteiger partial charge in [-0.3, -0.25) is 0 Å². The monoisotopic (exact) mass is 236 g/mol. The molecular weight excluding hydrogens is 220 g/mol. The van der Waals surface area contributed by atoms with Crippen molar-refractivity contribution < 1.29 is 5.11 Å². The van der Waals surface area contributed by atoms with Gasteiger partial charge >= 0.3 is 0 Å². The second-order valence-corrected chi connectivity index (χ2v) is 5.22. The highest BCUT2D eigenvalue weighted by atomic mass is 32.1. The van der Waals surface area contributed by atoms with Gasteiger partial charge in [0, 0.05) is 6.54 Å². The van der Waals surface area contributed by atoms with Crippen LogP contribution in [-0.4, -0.2) is 22.2 Å². The van der Waals surface area contributed by atoms with Gasteiger partial charge in [-0.1, -0.05) is 30.4 Å². The Balaban J connectivity index is 2.10. The van der Waals surface area contributed by atoms with E-state index in [9.17, 15) is 5.11 Å². The fourth-order valence-electron chi connectivity index (χ4n) is 1.34. The summed E-state index contributed by atoms with van der Waals surface area (Å²) in [4.78, 5) is 4.45. The molecule has 16 heavy (non-hydrogen) atoms. The van der Waals surface area contributed by atoms with E-state index in [1.165, 1.54) is 4.70 Å². The molecule has 0 aliphatic rings. The summed E-state index contributed by atoms with van der Waals surface area (Å²) in [6.45, 7) is 4.33. The molecule has 1 atom stereocenters. The van der Waals surface area contributed by atoms with Crippen molar-refractivity contribution in [2.45, 2.75) is 25.9 Å². The third kappa shape index (κ3) is 2.51. The van der Waals surface area contributed by atoms with Crippen molar-refractivity contribution in [3.8, 4) is 0 Å². The van der Waals surface area contributed by atoms with Gasteiger partial charge < -0.3 is 10.4 Å². The van der Waals surface area contributed by atoms with Gasteiger partial charge in [-0.2, -0.15) is 0 Å². The molecule has 0 fully saturated rings. The average molecular weight is 236 g/mol. The molecule has 1 heterocycles. The van der Waals surface area contributed by atoms with E-state index in [2.05, 4.69) is 16.4 Å². The molecule has 0 saturated carbocycles. The maximum absolute atomic E-state index is 9.87. The fraction of sp³-hybridized carbons (Fsp3) is 0.417. The normalized spacial score (nSPS) is 14.9. The van der Waals surface area contributed by atoms with Crippen LogP contribution in [0.15, 0.2) is 24.3 Å². The van der Waals surface area contributed by atoms with Crippen LogP contribution in [0.3, 0.4) is 0 Å². The number of benzene rings is 1. The van der Waals surface area contributed by atoms with E-state index in [1.54, 1.807) is 11.3 Å². The van der Waals surface area contributed by atoms with Gasteiger partial charge in [0.15, 0.2) is 5.13 Å². The highest BCUT2D eigenvalue weighted by molar-refractivity contribution is 7.22. The van der Waals surface area contributed by atoms with E-state index in [4.69, 9.17) is 0 Å². The quantitative estimate of drug-likeness (QED) is 0.858. The van der Waals surface area contributed by atoms with Crippen LogP contribution in [-0.2, 0) is 0 Å². The second kappa shape index (κ2) is 4.39. The molecule has 0 bridgehead atoms. The molecule has 2 rings (SSSR count). The lowest BCUT2D eigenvalue weighted by Crippen LogP contribution is -2.32. The van der Waals surface area contributed by atoms with Gasteiger partial charge in [0.25, 0.3) is 0 Å². The molecule has 0 saturated heterocycles. The molecule has 0 amide bonds. The number of nitrogens with zero attached hydrogens (tertiary/aromatic N) is 1. The van der Waals surface area contributed by atoms with E-state index in [1.807, 2.05) is 32.0 Å². The first-order valence-electron chi connectivity index (χ1n) is 5.42. The molecule has 2 aromatic rings. The van der Waals surface area contributed by atoms with Crippen LogP contribution < -0.4 is 5.32 Å². The van der Waals surface area contributed by atoms with E-state index in [-0.39, 0.29) is 0 Å². The molecule has 86 valence electrons. The number of anilines is 1. The minimum absolute atomic E-state index is 0.531. The van der Waals surface area contributed by atoms with E-state index in [0.29, 0.717) is 6.54 Å². The second-order valence-electron chi connectivity index (χ2n) is 4.19. The Morgan fingerprint density at radius 2 is 2.19 bits per heavy atom. The van der Waals surface area contributed by atoms with E-state index < -0.39 is 5.60 Å². The standard InChI is InChI=1S/C12H16N2OS/c1-3-12(2,15)8-13-11-14-9-6-4-5-7-10(9)16-11/h4-7,15H,3,8H2,1-2H3,(H,13,14). The van der Waals surface area contributed by atoms with Gasteiger partial charge in [0.05, 0.1) is 15.8 Å². The lowest BCUT2D eigenvalue weighted by atomic mass is 10.0. The predicted molar refractivity (Wildman–Crippen MR) is 69.0 cm³/mol. The van der Waals surface area contributed by atoms with Crippen molar-refractivity contribution in [2.24, 2.45) is 0 Å². The van der Waals surface area contributed by atoms with Crippen molar-refractivity contribution in [3.63, 3.8) is 0 Å². The van der Waals surface area contributed by atoms with Gasteiger partial charge in [0.1, 0.15) is 0 Å². The van der Waals surface area contributed by atoms with Crippen LogP contribution >= 0.6 is 11.3 Å². The minimum Gasteiger partial charge on any atom is -0.388 e. The average Bonchev–Trinajstić information content (AvgIpc) is 2.69. The van der Waals surface area contributed by atoms with Gasteiger partial charge in [0.2, 0.25) is 0 Å². The summed E-state index contributed by atoms with van der Waals surface area (Å²) in [6.07, 6.45) is 0.727. The van der Waals surface area contributed by atoms with Gasteiger partial charge in [-0.15, -0.1) is 0 Å². The van der Waals surface area contributed by atoms with Crippen molar-refractivity contribution in [2.75, 3.05) is 11.9 Å². The zero-order valence-corrected chi connectivity index (χ0v) is 10.3. The summed E-state index contributed by atoms with van der Waals surface area (Å²) < 4.78 is 1.17. The van der Waals surface area contributed by atoms with Crippen LogP contribution in [0.1, 0.15) is 20.3 Å². The first-order chi connectivity index (χ1) is 7.61. The molecule has 1 aromatic heterocycles. The van der Waals surface area contributed by atoms with E-state index in [0.717, 1.165) is 17.1 Å². The number of rotatable bonds is 4. The highest BCUT2D eigenvalue weighted by Gasteiger charge is 2.17. The van der Waals surface area contributed by atoms with Crippen LogP contribution in [0.25, 0.3) is 10.2 Å². The highest BCUT2D eigenvalue weighted by Crippen LogP contribution is 2.25. The summed E-state index contributed by atoms with van der Waals surface area (Å²) in [5.41, 5.74) is 0.337. The predicted octanol–water partition coefficient (Wildman–Crippen LogP) is 2.87. The zero-order chi connectivity index (χ0) is 11.6. The summed E-state index contributed by atoms with van der Waals surface area (Å²) in [7, 11) is 0. The largest absolute Gasteiger partial charge is 0.388 e. The van der Waals surface area contributed by atoms with Crippen molar-refractivity contribution in [1.29, 1.82) is 0 Å². The van der Waals surface area contributed by atoms with Crippen LogP contribution in [0.5, 0.6) is 0 Å². The number of hydrogen-bond acceptors (Lipinski definition) is 4. The van der Waals surface area contributed by atoms with Gasteiger partial charge in [-0.05, 0) is 25.5 Å². The zero-order valence-electron chi connectivity index (χ0n) is 9.53. The maximum atomic E-state index is 9.87. The molecule has 3 nitrogen and oxygen atoms in total. The number of hydrogen-bond donors (Lipinski definition) is 2. The van der Waals surface area contributed by atoms with Gasteiger partial charge in [-0.25, -0.2) is 4.98 Å². The smallest absolute Gasteiger partial charge is 0.183 e. The summed E-state index contributed by atoms with van der Waals surface area (Å²) in [5.74, 6) is 0. The Morgan fingerprint density at radius 3 is 2.88 bits per heavy atom. The first-order valence-corrected chi connectivity index (χ1v) is 6.24. The number of thiazole rings is 1. The fourth-order valence-corrected chi connectivity index (χ4v) is 2.20. The Labute approximate surface area is 99.1 Å². The minimum atomic E-state index is -0.669. The van der Waals surface area contributed by atoms with Crippen LogP contribution in [0.2, 0.25) is 0 Å². The SMILES string of the molecule is CCC(C)(O)CNc1nc2ccccc2s1. The third-order valence-electron chi connectivity index (χ3n) is 2.68. The van der Waals surface area contributed by atoms with E-state index >= 15 is 0 Å². The molecule has 2 N–H and O–H groups in total. The number of para-hydroxylation sites is 1. The first kappa shape index (κ1) is 11.4. The van der Waals surface area contributed by atoms with Crippen molar-refractivity contribution in [1.82, 2.24) is 4.98 Å². The maximum Gasteiger partial charge on any atom is 0.183 e. The summed E-state index contributed by atoms with van der Waals surface area (Å²) in [6, 6.07) is 8.03. The summed E-state index contributed by atoms with van der Waals surface area (Å²) in [5, 5.41) is 13.9. The third-order valence-corrected chi connectivity index (χ3v) is 3.67. The lowest BCUT2D eigenvalue weighted by Gasteiger charge is -2.21. The topological polar surface area (TPSA) is 45.1 Å². The van der Waals surface area contributed by atoms with Crippen molar-refractivity contribution in [3.05, 3.63) is 24.3 Å². The molecule has 0 spiro atoms. The Kier molecular flexibility index (Phi) is 3.12. The summed E-state index contributed by atoms with van der Waals surface area (Å²) >= 11 is 1.62. The van der Waals surface area contributed by atoms with Crippen LogP contribution in [0, 0.1) is 0 Å². The molecule has 1 aromatic carbocycles. The molecule has 0 aliphatic carbocycles. The Hall–Kier alpha value is -1.13.